The van der Waals surface area contributed by atoms with E-state index in [2.05, 4.69) is 20.8 Å². The van der Waals surface area contributed by atoms with Gasteiger partial charge in [0.15, 0.2) is 11.2 Å². The maximum atomic E-state index is 12.2. The Morgan fingerprint density at radius 3 is 2.67 bits per heavy atom. The van der Waals surface area contributed by atoms with E-state index in [-0.39, 0.29) is 52.1 Å². The lowest BCUT2D eigenvalue weighted by Crippen LogP contribution is -2.71. The molecule has 5 aliphatic heterocycles. The predicted molar refractivity (Wildman–Crippen MR) is 89.8 cm³/mol. The SMILES string of the molecule is CC(C)[C@]12O[C@H]1[C@@H]1OC13C1(O[C@H]1C[C@H]1C4=C(CC[C@@]13C)C(=O)OC4)[C@]21CO1. The molecule has 6 heteroatoms. The molecule has 9 atom stereocenters. The molecule has 3 aliphatic carbocycles. The number of carbonyl (C=O) groups excluding carboxylic acids is 1. The van der Waals surface area contributed by atoms with Crippen molar-refractivity contribution in [2.45, 2.75) is 80.7 Å². The Bertz CT molecular complexity index is 889. The van der Waals surface area contributed by atoms with E-state index in [9.17, 15) is 4.79 Å². The van der Waals surface area contributed by atoms with Gasteiger partial charge in [0.2, 0.25) is 0 Å². The van der Waals surface area contributed by atoms with Gasteiger partial charge in [-0.05, 0) is 36.7 Å². The van der Waals surface area contributed by atoms with Crippen molar-refractivity contribution >= 4 is 5.97 Å². The Hall–Kier alpha value is -0.950. The first kappa shape index (κ1) is 15.0. The third-order valence-electron chi connectivity index (χ3n) is 9.79. The summed E-state index contributed by atoms with van der Waals surface area (Å²) in [5.74, 6) is 0.555. The van der Waals surface area contributed by atoms with E-state index in [4.69, 9.17) is 23.7 Å². The van der Waals surface area contributed by atoms with E-state index >= 15 is 0 Å². The van der Waals surface area contributed by atoms with Gasteiger partial charge in [-0.25, -0.2) is 4.79 Å². The smallest absolute Gasteiger partial charge is 0.334 e. The molecule has 0 aromatic rings. The second-order valence-corrected chi connectivity index (χ2v) is 10.5. The van der Waals surface area contributed by atoms with Crippen molar-refractivity contribution in [3.63, 3.8) is 0 Å². The Labute approximate surface area is 157 Å². The highest BCUT2D eigenvalue weighted by Crippen LogP contribution is 2.87. The number of epoxide rings is 4. The molecule has 0 aromatic carbocycles. The van der Waals surface area contributed by atoms with E-state index in [1.165, 1.54) is 5.57 Å². The summed E-state index contributed by atoms with van der Waals surface area (Å²) in [7, 11) is 0. The Morgan fingerprint density at radius 2 is 1.93 bits per heavy atom. The summed E-state index contributed by atoms with van der Waals surface area (Å²) in [4.78, 5) is 12.2. The molecule has 3 spiro atoms. The van der Waals surface area contributed by atoms with Crippen molar-refractivity contribution in [3.05, 3.63) is 11.1 Å². The topological polar surface area (TPSA) is 76.4 Å². The van der Waals surface area contributed by atoms with Gasteiger partial charge in [0.1, 0.15) is 30.0 Å². The van der Waals surface area contributed by atoms with Gasteiger partial charge in [0, 0.05) is 11.0 Å². The molecule has 8 aliphatic rings. The summed E-state index contributed by atoms with van der Waals surface area (Å²) in [5, 5.41) is 0. The summed E-state index contributed by atoms with van der Waals surface area (Å²) in [6, 6.07) is 0. The number of ether oxygens (including phenoxy) is 5. The van der Waals surface area contributed by atoms with Gasteiger partial charge in [-0.2, -0.15) is 0 Å². The van der Waals surface area contributed by atoms with Gasteiger partial charge in [-0.1, -0.05) is 20.8 Å². The van der Waals surface area contributed by atoms with Crippen LogP contribution in [0.15, 0.2) is 11.1 Å². The van der Waals surface area contributed by atoms with Crippen molar-refractivity contribution in [2.24, 2.45) is 17.3 Å². The largest absolute Gasteiger partial charge is 0.458 e. The van der Waals surface area contributed by atoms with E-state index in [1.807, 2.05) is 0 Å². The van der Waals surface area contributed by atoms with Crippen molar-refractivity contribution < 1.29 is 28.5 Å². The van der Waals surface area contributed by atoms with Crippen LogP contribution in [-0.4, -0.2) is 59.9 Å². The van der Waals surface area contributed by atoms with Crippen molar-refractivity contribution in [1.82, 2.24) is 0 Å². The molecular formula is C21H24O6. The van der Waals surface area contributed by atoms with Crippen LogP contribution in [0, 0.1) is 17.3 Å². The number of hydrogen-bond donors (Lipinski definition) is 0. The Kier molecular flexibility index (Phi) is 2.02. The van der Waals surface area contributed by atoms with Crippen LogP contribution < -0.4 is 0 Å². The van der Waals surface area contributed by atoms with E-state index in [1.54, 1.807) is 0 Å². The average Bonchev–Trinajstić information content (AvgIpc) is 3.43. The highest BCUT2D eigenvalue weighted by Gasteiger charge is 3.07. The van der Waals surface area contributed by atoms with Gasteiger partial charge in [-0.15, -0.1) is 0 Å². The molecule has 4 saturated heterocycles. The lowest BCUT2D eigenvalue weighted by atomic mass is 9.45. The lowest BCUT2D eigenvalue weighted by molar-refractivity contribution is -0.136. The third-order valence-corrected chi connectivity index (χ3v) is 9.79. The van der Waals surface area contributed by atoms with Crippen LogP contribution >= 0.6 is 0 Å². The minimum atomic E-state index is -0.366. The minimum absolute atomic E-state index is 0.0640. The molecule has 0 N–H and O–H groups in total. The van der Waals surface area contributed by atoms with Gasteiger partial charge in [0.05, 0.1) is 12.7 Å². The summed E-state index contributed by atoms with van der Waals surface area (Å²) in [5.41, 5.74) is 0.771. The Balaban J connectivity index is 1.33. The first-order chi connectivity index (χ1) is 12.9. The number of rotatable bonds is 1. The quantitative estimate of drug-likeness (QED) is 0.513. The standard InChI is InChI=1S/C21H24O6/c1-9(2)19-14(26-19)15-21(27-15)17(3)5-4-10-11(7-23-16(10)22)12(17)6-13-20(21,25-13)18(19)8-24-18/h9,12-15H,4-8H2,1-3H3/t12-,13-,14-,15-,17-,18-,19-,20?,21?/m0/s1. The summed E-state index contributed by atoms with van der Waals surface area (Å²) in [6.07, 6.45) is 3.00. The fourth-order valence-corrected chi connectivity index (χ4v) is 8.56. The fraction of sp³-hybridized carbons (Fsp3) is 0.857. The molecule has 0 amide bonds. The monoisotopic (exact) mass is 372 g/mol. The fourth-order valence-electron chi connectivity index (χ4n) is 8.56. The second-order valence-electron chi connectivity index (χ2n) is 10.5. The number of fused-ring (bicyclic) bond motifs is 5. The number of hydrogen-bond acceptors (Lipinski definition) is 6. The van der Waals surface area contributed by atoms with E-state index in [0.717, 1.165) is 24.8 Å². The molecule has 6 nitrogen and oxygen atoms in total. The van der Waals surface area contributed by atoms with Crippen LogP contribution in [0.4, 0.5) is 0 Å². The zero-order valence-electron chi connectivity index (χ0n) is 15.9. The summed E-state index contributed by atoms with van der Waals surface area (Å²) >= 11 is 0. The van der Waals surface area contributed by atoms with Gasteiger partial charge in [-0.3, -0.25) is 0 Å². The molecule has 27 heavy (non-hydrogen) atoms. The molecule has 2 saturated carbocycles. The second kappa shape index (κ2) is 3.64. The molecule has 5 heterocycles. The van der Waals surface area contributed by atoms with Crippen LogP contribution in [0.25, 0.3) is 0 Å². The molecule has 144 valence electrons. The first-order valence-electron chi connectivity index (χ1n) is 10.5. The number of carbonyl (C=O) groups is 1. The van der Waals surface area contributed by atoms with E-state index < -0.39 is 0 Å². The predicted octanol–water partition coefficient (Wildman–Crippen LogP) is 1.51. The molecule has 0 aromatic heterocycles. The minimum Gasteiger partial charge on any atom is -0.458 e. The zero-order valence-corrected chi connectivity index (χ0v) is 15.9. The maximum absolute atomic E-state index is 12.2. The summed E-state index contributed by atoms with van der Waals surface area (Å²) < 4.78 is 31.4. The number of cyclic esters (lactones) is 1. The van der Waals surface area contributed by atoms with Crippen LogP contribution in [0.3, 0.4) is 0 Å². The molecule has 0 bridgehead atoms. The van der Waals surface area contributed by atoms with Gasteiger partial charge >= 0.3 is 5.97 Å². The van der Waals surface area contributed by atoms with Gasteiger partial charge < -0.3 is 23.7 Å². The van der Waals surface area contributed by atoms with E-state index in [0.29, 0.717) is 25.0 Å². The molecular weight excluding hydrogens is 348 g/mol. The van der Waals surface area contributed by atoms with Gasteiger partial charge in [0.25, 0.3) is 0 Å². The normalized spacial score (nSPS) is 65.6. The van der Waals surface area contributed by atoms with Crippen LogP contribution in [-0.2, 0) is 28.5 Å². The maximum Gasteiger partial charge on any atom is 0.334 e. The Morgan fingerprint density at radius 1 is 1.11 bits per heavy atom. The highest BCUT2D eigenvalue weighted by molar-refractivity contribution is 5.92. The molecule has 2 unspecified atom stereocenters. The lowest BCUT2D eigenvalue weighted by Gasteiger charge is -2.53. The van der Waals surface area contributed by atoms with Crippen LogP contribution in [0.5, 0.6) is 0 Å². The van der Waals surface area contributed by atoms with Crippen molar-refractivity contribution in [1.29, 1.82) is 0 Å². The average molecular weight is 372 g/mol. The first-order valence-corrected chi connectivity index (χ1v) is 10.5. The number of esters is 1. The van der Waals surface area contributed by atoms with Crippen molar-refractivity contribution in [3.8, 4) is 0 Å². The molecule has 6 fully saturated rings. The van der Waals surface area contributed by atoms with Crippen LogP contribution in [0.2, 0.25) is 0 Å². The highest BCUT2D eigenvalue weighted by atomic mass is 16.8. The molecule has 8 rings (SSSR count). The molecule has 0 radical (unpaired) electrons. The van der Waals surface area contributed by atoms with Crippen LogP contribution in [0.1, 0.15) is 40.0 Å². The zero-order chi connectivity index (χ0) is 18.2. The third kappa shape index (κ3) is 1.10. The van der Waals surface area contributed by atoms with Crippen molar-refractivity contribution in [2.75, 3.05) is 13.2 Å². The summed E-state index contributed by atoms with van der Waals surface area (Å²) in [6.45, 7) is 8.00.